The van der Waals surface area contributed by atoms with Gasteiger partial charge in [-0.1, -0.05) is 161 Å². The zero-order chi connectivity index (χ0) is 35.9. The van der Waals surface area contributed by atoms with Crippen molar-refractivity contribution >= 4 is 23.6 Å². The van der Waals surface area contributed by atoms with Gasteiger partial charge in [0.2, 0.25) is 11.8 Å². The van der Waals surface area contributed by atoms with Crippen molar-refractivity contribution in [2.45, 2.75) is 206 Å². The lowest BCUT2D eigenvalue weighted by Crippen LogP contribution is -2.64. The average Bonchev–Trinajstić information content (AvgIpc) is 3.06. The van der Waals surface area contributed by atoms with Crippen molar-refractivity contribution < 1.29 is 24.3 Å². The summed E-state index contributed by atoms with van der Waals surface area (Å²) in [6.07, 6.45) is 35.4. The maximum absolute atomic E-state index is 13.2. The number of rotatable bonds is 34. The fourth-order valence-electron chi connectivity index (χ4n) is 5.97. The summed E-state index contributed by atoms with van der Waals surface area (Å²) in [4.78, 5) is 51.8. The van der Waals surface area contributed by atoms with E-state index in [1.807, 2.05) is 0 Å². The van der Waals surface area contributed by atoms with Gasteiger partial charge in [-0.2, -0.15) is 0 Å². The van der Waals surface area contributed by atoms with Crippen LogP contribution in [0.1, 0.15) is 201 Å². The molecule has 0 spiro atoms. The molecule has 8 nitrogen and oxygen atoms in total. The number of unbranched alkanes of at least 4 members (excludes halogenated alkanes) is 23. The maximum Gasteiger partial charge on any atom is 0.339 e. The Labute approximate surface area is 294 Å². The number of hydrogen-bond acceptors (Lipinski definition) is 6. The molecule has 1 atom stereocenters. The summed E-state index contributed by atoms with van der Waals surface area (Å²) in [5, 5.41) is 9.35. The van der Waals surface area contributed by atoms with Crippen molar-refractivity contribution in [3.05, 3.63) is 12.2 Å². The number of allylic oxidation sites excluding steroid dienone is 2. The molecule has 48 heavy (non-hydrogen) atoms. The van der Waals surface area contributed by atoms with Gasteiger partial charge in [-0.15, -0.1) is 0 Å². The second-order valence-electron chi connectivity index (χ2n) is 14.1. The zero-order valence-electron chi connectivity index (χ0n) is 31.4. The highest BCUT2D eigenvalue weighted by Gasteiger charge is 2.41. The van der Waals surface area contributed by atoms with Crippen LogP contribution in [-0.2, 0) is 19.2 Å². The Morgan fingerprint density at radius 2 is 0.875 bits per heavy atom. The molecule has 2 amide bonds. The normalized spacial score (nSPS) is 12.4. The molecule has 0 aliphatic rings. The molecule has 0 bridgehead atoms. The molecule has 280 valence electrons. The van der Waals surface area contributed by atoms with E-state index in [2.05, 4.69) is 26.0 Å². The van der Waals surface area contributed by atoms with Crippen LogP contribution in [0.2, 0.25) is 0 Å². The smallest absolute Gasteiger partial charge is 0.339 e. The second-order valence-corrected chi connectivity index (χ2v) is 14.1. The molecule has 0 saturated heterocycles. The van der Waals surface area contributed by atoms with Crippen molar-refractivity contribution in [2.24, 2.45) is 17.4 Å². The van der Waals surface area contributed by atoms with Crippen molar-refractivity contribution in [3.8, 4) is 0 Å². The molecule has 0 heterocycles. The van der Waals surface area contributed by atoms with E-state index in [9.17, 15) is 24.3 Å². The van der Waals surface area contributed by atoms with E-state index in [4.69, 9.17) is 11.5 Å². The number of hydrogen-bond donors (Lipinski definition) is 3. The molecule has 0 aromatic heterocycles. The lowest BCUT2D eigenvalue weighted by molar-refractivity contribution is -0.151. The Balaban J connectivity index is 4.52. The highest BCUT2D eigenvalue weighted by molar-refractivity contribution is 6.01. The molecular formula is C40H75N3O5. The Morgan fingerprint density at radius 1 is 0.562 bits per heavy atom. The molecule has 0 aromatic carbocycles. The molecule has 0 aliphatic carbocycles. The first-order valence-corrected chi connectivity index (χ1v) is 19.9. The average molecular weight is 678 g/mol. The summed E-state index contributed by atoms with van der Waals surface area (Å²) in [7, 11) is 0. The topological polar surface area (TPSA) is 144 Å². The predicted molar refractivity (Wildman–Crippen MR) is 199 cm³/mol. The van der Waals surface area contributed by atoms with Gasteiger partial charge in [-0.05, 0) is 38.5 Å². The number of aliphatic carboxylic acids is 1. The lowest BCUT2D eigenvalue weighted by Gasteiger charge is -2.28. The van der Waals surface area contributed by atoms with Gasteiger partial charge in [0.25, 0.3) is 0 Å². The number of amides is 2. The van der Waals surface area contributed by atoms with Crippen LogP contribution < -0.4 is 11.5 Å². The third kappa shape index (κ3) is 24.1. The minimum Gasteiger partial charge on any atom is -0.479 e. The summed E-state index contributed by atoms with van der Waals surface area (Å²) in [6, 6.07) is 0. The van der Waals surface area contributed by atoms with Gasteiger partial charge >= 0.3 is 5.97 Å². The Bertz CT molecular complexity index is 873. The molecule has 8 heteroatoms. The summed E-state index contributed by atoms with van der Waals surface area (Å²) >= 11 is 0. The van der Waals surface area contributed by atoms with E-state index in [0.29, 0.717) is 12.8 Å². The van der Waals surface area contributed by atoms with E-state index in [-0.39, 0.29) is 24.7 Å². The highest BCUT2D eigenvalue weighted by atomic mass is 16.4. The molecule has 0 rings (SSSR count). The standard InChI is InChI=1S/C40H75N3O5/c1-4-6-8-10-12-14-16-18-19-21-23-25-27-29-31-33-38(46)43(34-36(44)35(3)40(41,42)39(47)48)37(45)32-30-28-26-24-22-20-17-15-13-11-9-7-5-2/h18-19,35H,4-17,20-34,41-42H2,1-3H3,(H,47,48)/b19-18-. The van der Waals surface area contributed by atoms with Gasteiger partial charge in [-0.25, -0.2) is 4.79 Å². The summed E-state index contributed by atoms with van der Waals surface area (Å²) in [5.74, 6) is -4.16. The quantitative estimate of drug-likeness (QED) is 0.0349. The first kappa shape index (κ1) is 45.9. The minimum atomic E-state index is -2.27. The van der Waals surface area contributed by atoms with Gasteiger partial charge in [0.05, 0.1) is 12.5 Å². The molecule has 0 saturated carbocycles. The largest absolute Gasteiger partial charge is 0.479 e. The van der Waals surface area contributed by atoms with Crippen LogP contribution in [0, 0.1) is 5.92 Å². The number of carboxylic acid groups (broad SMARTS) is 1. The number of Topliss-reactive ketones (excluding diaryl/α,β-unsaturated/α-hetero) is 1. The fourth-order valence-corrected chi connectivity index (χ4v) is 5.97. The van der Waals surface area contributed by atoms with Crippen LogP contribution in [-0.4, -0.2) is 45.8 Å². The van der Waals surface area contributed by atoms with E-state index < -0.39 is 29.9 Å². The van der Waals surface area contributed by atoms with E-state index in [0.717, 1.165) is 62.7 Å². The minimum absolute atomic E-state index is 0.180. The summed E-state index contributed by atoms with van der Waals surface area (Å²) < 4.78 is 0. The fraction of sp³-hybridized carbons (Fsp3) is 0.850. The second kappa shape index (κ2) is 31.0. The van der Waals surface area contributed by atoms with E-state index in [1.54, 1.807) is 0 Å². The van der Waals surface area contributed by atoms with Gasteiger partial charge in [-0.3, -0.25) is 19.3 Å². The number of nitrogens with zero attached hydrogens (tertiary/aromatic N) is 1. The zero-order valence-corrected chi connectivity index (χ0v) is 31.4. The summed E-state index contributed by atoms with van der Waals surface area (Å²) in [6.45, 7) is 5.32. The van der Waals surface area contributed by atoms with Crippen LogP contribution in [0.15, 0.2) is 12.2 Å². The van der Waals surface area contributed by atoms with Crippen molar-refractivity contribution in [1.29, 1.82) is 0 Å². The third-order valence-electron chi connectivity index (χ3n) is 9.63. The Kier molecular flexibility index (Phi) is 29.6. The van der Waals surface area contributed by atoms with Crippen LogP contribution >= 0.6 is 0 Å². The number of imide groups is 1. The highest BCUT2D eigenvalue weighted by Crippen LogP contribution is 2.17. The third-order valence-corrected chi connectivity index (χ3v) is 9.63. The van der Waals surface area contributed by atoms with Crippen molar-refractivity contribution in [1.82, 2.24) is 4.90 Å². The van der Waals surface area contributed by atoms with Crippen LogP contribution in [0.5, 0.6) is 0 Å². The van der Waals surface area contributed by atoms with Gasteiger partial charge in [0, 0.05) is 12.8 Å². The molecule has 0 fully saturated rings. The summed E-state index contributed by atoms with van der Waals surface area (Å²) in [5.41, 5.74) is 9.10. The number of carbonyl (C=O) groups excluding carboxylic acids is 3. The van der Waals surface area contributed by atoms with E-state index >= 15 is 0 Å². The van der Waals surface area contributed by atoms with Crippen molar-refractivity contribution in [3.63, 3.8) is 0 Å². The molecule has 0 radical (unpaired) electrons. The predicted octanol–water partition coefficient (Wildman–Crippen LogP) is 9.76. The molecule has 0 aromatic rings. The Morgan fingerprint density at radius 3 is 1.21 bits per heavy atom. The number of carbonyl (C=O) groups is 4. The van der Waals surface area contributed by atoms with Crippen LogP contribution in [0.3, 0.4) is 0 Å². The SMILES string of the molecule is CCCCCCCC/C=C\CCCCCCCC(=O)N(CC(=O)C(C)C(N)(N)C(=O)O)C(=O)CCCCCCCCCCCCCCC. The van der Waals surface area contributed by atoms with E-state index in [1.165, 1.54) is 103 Å². The van der Waals surface area contributed by atoms with Gasteiger partial charge in [0.15, 0.2) is 11.4 Å². The number of ketones is 1. The molecule has 0 aliphatic heterocycles. The van der Waals surface area contributed by atoms with Crippen molar-refractivity contribution in [2.75, 3.05) is 6.54 Å². The monoisotopic (exact) mass is 678 g/mol. The first-order valence-electron chi connectivity index (χ1n) is 19.9. The van der Waals surface area contributed by atoms with Crippen LogP contribution in [0.4, 0.5) is 0 Å². The molecule has 1 unspecified atom stereocenters. The lowest BCUT2D eigenvalue weighted by atomic mass is 9.91. The first-order chi connectivity index (χ1) is 23.1. The van der Waals surface area contributed by atoms with Crippen LogP contribution in [0.25, 0.3) is 0 Å². The Hall–Kier alpha value is -2.06. The van der Waals surface area contributed by atoms with Gasteiger partial charge in [0.1, 0.15) is 0 Å². The number of nitrogens with two attached hydrogens (primary N) is 2. The number of carboxylic acids is 1. The molecular weight excluding hydrogens is 602 g/mol. The molecule has 5 N–H and O–H groups in total. The van der Waals surface area contributed by atoms with Gasteiger partial charge < -0.3 is 16.6 Å². The maximum atomic E-state index is 13.2.